The van der Waals surface area contributed by atoms with Crippen molar-refractivity contribution in [3.05, 3.63) is 33.8 Å². The van der Waals surface area contributed by atoms with Crippen LogP contribution in [0.15, 0.2) is 22.7 Å². The molecule has 3 rings (SSSR count). The number of fused-ring (bicyclic) bond motifs is 1. The number of hydrogen-bond donors (Lipinski definition) is 2. The highest BCUT2D eigenvalue weighted by Gasteiger charge is 2.31. The molecule has 0 spiro atoms. The van der Waals surface area contributed by atoms with E-state index in [1.165, 1.54) is 30.4 Å². The highest BCUT2D eigenvalue weighted by atomic mass is 79.9. The van der Waals surface area contributed by atoms with E-state index in [2.05, 4.69) is 39.4 Å². The third-order valence-electron chi connectivity index (χ3n) is 4.64. The predicted octanol–water partition coefficient (Wildman–Crippen LogP) is 3.72. The van der Waals surface area contributed by atoms with Crippen LogP contribution in [0.4, 0.5) is 0 Å². The summed E-state index contributed by atoms with van der Waals surface area (Å²) < 4.78 is 1.16. The number of rotatable bonds is 3. The molecule has 1 aromatic carbocycles. The highest BCUT2D eigenvalue weighted by Crippen LogP contribution is 2.34. The first kappa shape index (κ1) is 13.6. The molecular formula is C16H22BrNO. The van der Waals surface area contributed by atoms with Gasteiger partial charge in [0.05, 0.1) is 5.60 Å². The van der Waals surface area contributed by atoms with Crippen LogP contribution in [0.1, 0.15) is 55.7 Å². The Hall–Kier alpha value is -0.380. The van der Waals surface area contributed by atoms with Gasteiger partial charge in [0.25, 0.3) is 0 Å². The second kappa shape index (κ2) is 5.55. The van der Waals surface area contributed by atoms with Gasteiger partial charge in [0, 0.05) is 17.1 Å². The second-order valence-corrected chi connectivity index (χ2v) is 7.02. The fourth-order valence-electron chi connectivity index (χ4n) is 3.50. The Morgan fingerprint density at radius 2 is 2.05 bits per heavy atom. The second-order valence-electron chi connectivity index (χ2n) is 6.10. The van der Waals surface area contributed by atoms with Crippen molar-refractivity contribution in [3.8, 4) is 0 Å². The van der Waals surface area contributed by atoms with E-state index in [-0.39, 0.29) is 0 Å². The molecule has 1 saturated carbocycles. The van der Waals surface area contributed by atoms with Crippen molar-refractivity contribution in [3.63, 3.8) is 0 Å². The van der Waals surface area contributed by atoms with Crippen molar-refractivity contribution in [1.29, 1.82) is 0 Å². The van der Waals surface area contributed by atoms with Crippen molar-refractivity contribution < 1.29 is 5.11 Å². The zero-order valence-corrected chi connectivity index (χ0v) is 12.9. The summed E-state index contributed by atoms with van der Waals surface area (Å²) in [6.07, 6.45) is 7.84. The quantitative estimate of drug-likeness (QED) is 0.888. The zero-order chi connectivity index (χ0) is 13.3. The van der Waals surface area contributed by atoms with Gasteiger partial charge >= 0.3 is 0 Å². The lowest BCUT2D eigenvalue weighted by Crippen LogP contribution is -2.43. The Morgan fingerprint density at radius 1 is 1.26 bits per heavy atom. The van der Waals surface area contributed by atoms with E-state index in [1.807, 2.05) is 0 Å². The van der Waals surface area contributed by atoms with Gasteiger partial charge in [-0.15, -0.1) is 0 Å². The summed E-state index contributed by atoms with van der Waals surface area (Å²) >= 11 is 3.53. The molecule has 1 unspecified atom stereocenters. The standard InChI is InChI=1S/C16H22BrNO/c17-13-5-6-14-12(10-13)4-7-15(14)18-11-16(19)8-2-1-3-9-16/h5-6,10,15,18-19H,1-4,7-9,11H2. The van der Waals surface area contributed by atoms with E-state index in [9.17, 15) is 5.11 Å². The third-order valence-corrected chi connectivity index (χ3v) is 5.14. The molecule has 0 amide bonds. The number of aliphatic hydroxyl groups is 1. The van der Waals surface area contributed by atoms with Crippen molar-refractivity contribution in [1.82, 2.24) is 5.32 Å². The molecule has 0 heterocycles. The average Bonchev–Trinajstić information content (AvgIpc) is 2.79. The Bertz CT molecular complexity index is 454. The molecule has 104 valence electrons. The molecule has 0 radical (unpaired) electrons. The number of halogens is 1. The molecule has 0 aromatic heterocycles. The monoisotopic (exact) mass is 323 g/mol. The van der Waals surface area contributed by atoms with Crippen LogP contribution in [-0.4, -0.2) is 17.3 Å². The first-order valence-electron chi connectivity index (χ1n) is 7.40. The van der Waals surface area contributed by atoms with Gasteiger partial charge in [-0.05, 0) is 48.9 Å². The molecule has 1 aromatic rings. The molecular weight excluding hydrogens is 302 g/mol. The van der Waals surface area contributed by atoms with Gasteiger partial charge in [-0.1, -0.05) is 41.3 Å². The maximum atomic E-state index is 10.6. The van der Waals surface area contributed by atoms with Crippen LogP contribution in [0.25, 0.3) is 0 Å². The first-order valence-corrected chi connectivity index (χ1v) is 8.20. The van der Waals surface area contributed by atoms with E-state index < -0.39 is 5.60 Å². The van der Waals surface area contributed by atoms with Crippen LogP contribution < -0.4 is 5.32 Å². The van der Waals surface area contributed by atoms with Gasteiger partial charge in [0.2, 0.25) is 0 Å². The molecule has 0 bridgehead atoms. The van der Waals surface area contributed by atoms with Crippen molar-refractivity contribution >= 4 is 15.9 Å². The zero-order valence-electron chi connectivity index (χ0n) is 11.3. The van der Waals surface area contributed by atoms with E-state index in [1.54, 1.807) is 0 Å². The normalized spacial score (nSPS) is 25.3. The smallest absolute Gasteiger partial charge is 0.0771 e. The van der Waals surface area contributed by atoms with Gasteiger partial charge in [0.1, 0.15) is 0 Å². The minimum Gasteiger partial charge on any atom is -0.389 e. The molecule has 3 heteroatoms. The Balaban J connectivity index is 1.63. The summed E-state index contributed by atoms with van der Waals surface area (Å²) in [4.78, 5) is 0. The molecule has 1 fully saturated rings. The van der Waals surface area contributed by atoms with E-state index >= 15 is 0 Å². The van der Waals surface area contributed by atoms with Crippen LogP contribution in [0.3, 0.4) is 0 Å². The summed E-state index contributed by atoms with van der Waals surface area (Å²) in [5.74, 6) is 0. The van der Waals surface area contributed by atoms with Crippen LogP contribution >= 0.6 is 15.9 Å². The van der Waals surface area contributed by atoms with Crippen LogP contribution in [0.2, 0.25) is 0 Å². The molecule has 2 nitrogen and oxygen atoms in total. The van der Waals surface area contributed by atoms with Gasteiger partial charge < -0.3 is 10.4 Å². The van der Waals surface area contributed by atoms with Crippen molar-refractivity contribution in [2.45, 2.75) is 56.6 Å². The number of benzene rings is 1. The Morgan fingerprint density at radius 3 is 2.84 bits per heavy atom. The number of hydrogen-bond acceptors (Lipinski definition) is 2. The minimum atomic E-state index is -0.462. The maximum Gasteiger partial charge on any atom is 0.0771 e. The molecule has 0 saturated heterocycles. The van der Waals surface area contributed by atoms with E-state index in [0.717, 1.165) is 36.7 Å². The molecule has 2 aliphatic carbocycles. The van der Waals surface area contributed by atoms with Crippen LogP contribution in [0.5, 0.6) is 0 Å². The van der Waals surface area contributed by atoms with Gasteiger partial charge in [0.15, 0.2) is 0 Å². The summed E-state index contributed by atoms with van der Waals surface area (Å²) in [5, 5.41) is 14.2. The van der Waals surface area contributed by atoms with Crippen molar-refractivity contribution in [2.24, 2.45) is 0 Å². The topological polar surface area (TPSA) is 32.3 Å². The largest absolute Gasteiger partial charge is 0.389 e. The van der Waals surface area contributed by atoms with Crippen molar-refractivity contribution in [2.75, 3.05) is 6.54 Å². The van der Waals surface area contributed by atoms with Gasteiger partial charge in [-0.25, -0.2) is 0 Å². The molecule has 2 aliphatic rings. The summed E-state index contributed by atoms with van der Waals surface area (Å²) in [7, 11) is 0. The SMILES string of the molecule is OC1(CNC2CCc3cc(Br)ccc32)CCCCC1. The minimum absolute atomic E-state index is 0.425. The first-order chi connectivity index (χ1) is 9.16. The third kappa shape index (κ3) is 3.04. The average molecular weight is 324 g/mol. The Labute approximate surface area is 123 Å². The summed E-state index contributed by atoms with van der Waals surface area (Å²) in [5.41, 5.74) is 2.40. The highest BCUT2D eigenvalue weighted by molar-refractivity contribution is 9.10. The predicted molar refractivity (Wildman–Crippen MR) is 81.2 cm³/mol. The van der Waals surface area contributed by atoms with Gasteiger partial charge in [-0.3, -0.25) is 0 Å². The number of nitrogens with one attached hydrogen (secondary N) is 1. The van der Waals surface area contributed by atoms with E-state index in [4.69, 9.17) is 0 Å². The molecule has 0 aliphatic heterocycles. The lowest BCUT2D eigenvalue weighted by molar-refractivity contribution is 0.00262. The Kier molecular flexibility index (Phi) is 3.97. The summed E-state index contributed by atoms with van der Waals surface area (Å²) in [6, 6.07) is 6.99. The van der Waals surface area contributed by atoms with Crippen LogP contribution in [0, 0.1) is 0 Å². The van der Waals surface area contributed by atoms with Crippen LogP contribution in [-0.2, 0) is 6.42 Å². The molecule has 2 N–H and O–H groups in total. The fourth-order valence-corrected chi connectivity index (χ4v) is 3.91. The maximum absolute atomic E-state index is 10.6. The lowest BCUT2D eigenvalue weighted by Gasteiger charge is -2.33. The molecule has 1 atom stereocenters. The van der Waals surface area contributed by atoms with E-state index in [0.29, 0.717) is 6.04 Å². The fraction of sp³-hybridized carbons (Fsp3) is 0.625. The van der Waals surface area contributed by atoms with Gasteiger partial charge in [-0.2, -0.15) is 0 Å². The summed E-state index contributed by atoms with van der Waals surface area (Å²) in [6.45, 7) is 0.743. The molecule has 19 heavy (non-hydrogen) atoms. The number of aryl methyl sites for hydroxylation is 1. The lowest BCUT2D eigenvalue weighted by atomic mass is 9.84.